The van der Waals surface area contributed by atoms with Crippen LogP contribution in [0.1, 0.15) is 47.1 Å². The molecule has 43 heavy (non-hydrogen) atoms. The maximum absolute atomic E-state index is 6.24. The molecule has 5 rings (SSSR count). The molecule has 0 aliphatic rings. The van der Waals surface area contributed by atoms with Crippen LogP contribution in [0.5, 0.6) is 11.5 Å². The van der Waals surface area contributed by atoms with Gasteiger partial charge in [0.1, 0.15) is 22.7 Å². The van der Waals surface area contributed by atoms with E-state index in [0.29, 0.717) is 0 Å². The van der Waals surface area contributed by atoms with E-state index < -0.39 is 0 Å². The van der Waals surface area contributed by atoms with E-state index in [4.69, 9.17) is 9.47 Å². The molecule has 0 bridgehead atoms. The molecule has 0 aliphatic heterocycles. The highest BCUT2D eigenvalue weighted by Crippen LogP contribution is 2.42. The van der Waals surface area contributed by atoms with Crippen molar-refractivity contribution in [3.05, 3.63) is 133 Å². The summed E-state index contributed by atoms with van der Waals surface area (Å²) in [7, 11) is 0. The van der Waals surface area contributed by atoms with E-state index in [1.165, 1.54) is 0 Å². The van der Waals surface area contributed by atoms with Gasteiger partial charge >= 0.3 is 0 Å². The van der Waals surface area contributed by atoms with Crippen LogP contribution >= 0.6 is 0 Å². The topological polar surface area (TPSA) is 24.9 Å². The number of ether oxygens (including phenoxy) is 2. The van der Waals surface area contributed by atoms with Gasteiger partial charge in [-0.15, -0.1) is 0 Å². The van der Waals surface area contributed by atoms with Crippen LogP contribution < -0.4 is 19.3 Å². The highest BCUT2D eigenvalue weighted by atomic mass is 16.5. The lowest BCUT2D eigenvalue weighted by Crippen LogP contribution is -2.23. The van der Waals surface area contributed by atoms with Gasteiger partial charge in [0.25, 0.3) is 0 Å². The highest BCUT2D eigenvalue weighted by molar-refractivity contribution is 5.83. The third-order valence-corrected chi connectivity index (χ3v) is 6.71. The third-order valence-electron chi connectivity index (χ3n) is 6.71. The summed E-state index contributed by atoms with van der Waals surface area (Å²) in [5.74, 6) is 1.68. The summed E-state index contributed by atoms with van der Waals surface area (Å²) in [5, 5.41) is 0. The molecule has 0 N–H and O–H groups in total. The van der Waals surface area contributed by atoms with Gasteiger partial charge in [0.2, 0.25) is 0 Å². The first kappa shape index (κ1) is 29.8. The van der Waals surface area contributed by atoms with Crippen LogP contribution in [0, 0.1) is 6.92 Å². The van der Waals surface area contributed by atoms with Crippen molar-refractivity contribution in [3.8, 4) is 11.5 Å². The molecule has 4 nitrogen and oxygen atoms in total. The Morgan fingerprint density at radius 1 is 0.419 bits per heavy atom. The Morgan fingerprint density at radius 3 is 1.30 bits per heavy atom. The summed E-state index contributed by atoms with van der Waals surface area (Å²) in [4.78, 5) is 4.57. The van der Waals surface area contributed by atoms with E-state index in [1.54, 1.807) is 0 Å². The molecule has 0 saturated heterocycles. The second-order valence-electron chi connectivity index (χ2n) is 12.7. The maximum Gasteiger partial charge on any atom is 0.122 e. The Morgan fingerprint density at radius 2 is 0.837 bits per heavy atom. The van der Waals surface area contributed by atoms with Gasteiger partial charge in [0.15, 0.2) is 0 Å². The van der Waals surface area contributed by atoms with Crippen LogP contribution in [0.3, 0.4) is 0 Å². The zero-order valence-corrected chi connectivity index (χ0v) is 26.3. The molecule has 220 valence electrons. The Kier molecular flexibility index (Phi) is 8.50. The molecule has 5 aromatic rings. The predicted octanol–water partition coefficient (Wildman–Crippen LogP) is 11.3. The van der Waals surface area contributed by atoms with Crippen molar-refractivity contribution >= 4 is 34.1 Å². The van der Waals surface area contributed by atoms with Gasteiger partial charge in [-0.05, 0) is 121 Å². The summed E-state index contributed by atoms with van der Waals surface area (Å²) < 4.78 is 12.5. The lowest BCUT2D eigenvalue weighted by molar-refractivity contribution is 0.130. The van der Waals surface area contributed by atoms with Crippen LogP contribution in [0.15, 0.2) is 127 Å². The number of rotatable bonds is 8. The summed E-state index contributed by atoms with van der Waals surface area (Å²) in [6, 6.07) is 44.2. The summed E-state index contributed by atoms with van der Waals surface area (Å²) >= 11 is 0. The van der Waals surface area contributed by atoms with Gasteiger partial charge < -0.3 is 19.3 Å². The number of anilines is 6. The molecule has 5 aromatic carbocycles. The number of aryl methyl sites for hydroxylation is 1. The van der Waals surface area contributed by atoms with Crippen molar-refractivity contribution in [2.45, 2.75) is 59.7 Å². The molecule has 0 radical (unpaired) electrons. The van der Waals surface area contributed by atoms with Gasteiger partial charge in [-0.3, -0.25) is 0 Å². The molecule has 0 amide bonds. The molecule has 0 saturated carbocycles. The first-order valence-corrected chi connectivity index (χ1v) is 14.9. The average molecular weight is 571 g/mol. The molecule has 0 atom stereocenters. The Labute approximate surface area is 257 Å². The number of hydrogen-bond donors (Lipinski definition) is 0. The summed E-state index contributed by atoms with van der Waals surface area (Å²) in [5.41, 5.74) is 6.97. The molecular weight excluding hydrogens is 528 g/mol. The minimum Gasteiger partial charge on any atom is -0.488 e. The van der Waals surface area contributed by atoms with E-state index in [1.807, 2.05) is 24.3 Å². The fourth-order valence-corrected chi connectivity index (χ4v) is 5.14. The second-order valence-corrected chi connectivity index (χ2v) is 12.7. The largest absolute Gasteiger partial charge is 0.488 e. The quantitative estimate of drug-likeness (QED) is 0.185. The molecule has 0 fully saturated rings. The number of hydrogen-bond acceptors (Lipinski definition) is 4. The van der Waals surface area contributed by atoms with Gasteiger partial charge in [-0.1, -0.05) is 48.5 Å². The van der Waals surface area contributed by atoms with E-state index in [9.17, 15) is 0 Å². The minimum atomic E-state index is -0.288. The van der Waals surface area contributed by atoms with Crippen LogP contribution in [0.2, 0.25) is 0 Å². The standard InChI is InChI=1S/C39H42N2O2/c1-29-26-34(40(30-16-10-8-11-17-30)32-20-14-22-35(27-32)42-38(2,3)4)24-25-37(29)41(31-18-12-9-13-19-31)33-21-15-23-36(28-33)43-39(5,6)7/h8-28H,1-7H3. The fraction of sp³-hybridized carbons (Fsp3) is 0.231. The summed E-state index contributed by atoms with van der Waals surface area (Å²) in [6.45, 7) is 14.6. The SMILES string of the molecule is Cc1cc(N(c2ccccc2)c2cccc(OC(C)(C)C)c2)ccc1N(c1ccccc1)c1cccc(OC(C)(C)C)c1. The van der Waals surface area contributed by atoms with Crippen molar-refractivity contribution in [1.82, 2.24) is 0 Å². The molecule has 4 heteroatoms. The first-order valence-electron chi connectivity index (χ1n) is 14.9. The molecule has 0 spiro atoms. The average Bonchev–Trinajstić information content (AvgIpc) is 2.94. The molecular formula is C39H42N2O2. The second kappa shape index (κ2) is 12.3. The van der Waals surface area contributed by atoms with E-state index >= 15 is 0 Å². The Bertz CT molecular complexity index is 1650. The van der Waals surface area contributed by atoms with Crippen LogP contribution in [-0.4, -0.2) is 11.2 Å². The zero-order chi connectivity index (χ0) is 30.6. The van der Waals surface area contributed by atoms with Gasteiger partial charge in [-0.25, -0.2) is 0 Å². The van der Waals surface area contributed by atoms with Gasteiger partial charge in [0.05, 0.1) is 0 Å². The normalized spacial score (nSPS) is 11.6. The van der Waals surface area contributed by atoms with Crippen LogP contribution in [-0.2, 0) is 0 Å². The first-order chi connectivity index (χ1) is 20.5. The minimum absolute atomic E-state index is 0.287. The van der Waals surface area contributed by atoms with Crippen molar-refractivity contribution in [2.24, 2.45) is 0 Å². The van der Waals surface area contributed by atoms with Gasteiger partial charge in [0, 0.05) is 46.3 Å². The van der Waals surface area contributed by atoms with Crippen molar-refractivity contribution in [2.75, 3.05) is 9.80 Å². The third kappa shape index (κ3) is 7.58. The zero-order valence-electron chi connectivity index (χ0n) is 26.3. The molecule has 0 aliphatic carbocycles. The van der Waals surface area contributed by atoms with E-state index in [-0.39, 0.29) is 11.2 Å². The lowest BCUT2D eigenvalue weighted by atomic mass is 10.1. The summed E-state index contributed by atoms with van der Waals surface area (Å²) in [6.07, 6.45) is 0. The molecule has 0 aromatic heterocycles. The van der Waals surface area contributed by atoms with E-state index in [0.717, 1.165) is 51.2 Å². The van der Waals surface area contributed by atoms with E-state index in [2.05, 4.69) is 161 Å². The van der Waals surface area contributed by atoms with Crippen molar-refractivity contribution < 1.29 is 9.47 Å². The van der Waals surface area contributed by atoms with Crippen molar-refractivity contribution in [1.29, 1.82) is 0 Å². The van der Waals surface area contributed by atoms with Crippen LogP contribution in [0.25, 0.3) is 0 Å². The molecule has 0 unspecified atom stereocenters. The maximum atomic E-state index is 6.24. The highest BCUT2D eigenvalue weighted by Gasteiger charge is 2.20. The number of benzene rings is 5. The lowest BCUT2D eigenvalue weighted by Gasteiger charge is -2.30. The predicted molar refractivity (Wildman–Crippen MR) is 181 cm³/mol. The Balaban J connectivity index is 1.60. The number of para-hydroxylation sites is 2. The fourth-order valence-electron chi connectivity index (χ4n) is 5.14. The smallest absolute Gasteiger partial charge is 0.122 e. The monoisotopic (exact) mass is 570 g/mol. The van der Waals surface area contributed by atoms with Crippen molar-refractivity contribution in [3.63, 3.8) is 0 Å². The van der Waals surface area contributed by atoms with Crippen LogP contribution in [0.4, 0.5) is 34.1 Å². The van der Waals surface area contributed by atoms with Gasteiger partial charge in [-0.2, -0.15) is 0 Å². The number of nitrogens with zero attached hydrogens (tertiary/aromatic N) is 2. The molecule has 0 heterocycles. The Hall–Kier alpha value is -4.70.